The Balaban J connectivity index is 1.29. The van der Waals surface area contributed by atoms with E-state index in [0.29, 0.717) is 23.2 Å². The van der Waals surface area contributed by atoms with Crippen molar-refractivity contribution < 1.29 is 4.79 Å². The molecule has 0 bridgehead atoms. The molecule has 0 saturated carbocycles. The number of hydrogen-bond donors (Lipinski definition) is 1. The minimum absolute atomic E-state index is 0.147. The SMILES string of the molecule is O=C(Nc1nnc(-c2ccccn2)s1)N1CCN(Cc2cccc(Cl)c2)CC1. The van der Waals surface area contributed by atoms with Crippen LogP contribution in [-0.4, -0.2) is 57.2 Å². The number of nitrogens with zero attached hydrogens (tertiary/aromatic N) is 5. The largest absolute Gasteiger partial charge is 0.323 e. The predicted octanol–water partition coefficient (Wildman–Crippen LogP) is 3.60. The molecule has 0 aliphatic carbocycles. The fraction of sp³-hybridized carbons (Fsp3) is 0.263. The molecule has 4 rings (SSSR count). The van der Waals surface area contributed by atoms with Crippen molar-refractivity contribution in [1.29, 1.82) is 0 Å². The number of carbonyl (C=O) groups excluding carboxylic acids is 1. The number of anilines is 1. The van der Waals surface area contributed by atoms with Crippen LogP contribution in [0.4, 0.5) is 9.93 Å². The van der Waals surface area contributed by atoms with Gasteiger partial charge in [0.2, 0.25) is 5.13 Å². The molecule has 0 atom stereocenters. The molecule has 3 aromatic rings. The van der Waals surface area contributed by atoms with E-state index in [1.54, 1.807) is 11.1 Å². The van der Waals surface area contributed by atoms with Crippen molar-refractivity contribution in [3.05, 3.63) is 59.2 Å². The molecule has 28 heavy (non-hydrogen) atoms. The van der Waals surface area contributed by atoms with Crippen LogP contribution >= 0.6 is 22.9 Å². The average Bonchev–Trinajstić information content (AvgIpc) is 3.18. The molecule has 1 fully saturated rings. The Hall–Kier alpha value is -2.55. The third-order valence-corrected chi connectivity index (χ3v) is 5.57. The van der Waals surface area contributed by atoms with Gasteiger partial charge in [-0.3, -0.25) is 15.2 Å². The van der Waals surface area contributed by atoms with Crippen LogP contribution in [0.3, 0.4) is 0 Å². The standard InChI is InChI=1S/C19H19ClN6OS/c20-15-5-3-4-14(12-15)13-25-8-10-26(11-9-25)19(27)22-18-24-23-17(28-18)16-6-1-2-7-21-16/h1-7,12H,8-11,13H2,(H,22,24,27). The molecule has 2 amide bonds. The molecule has 1 aromatic carbocycles. The number of piperazine rings is 1. The first-order valence-corrected chi connectivity index (χ1v) is 10.1. The molecule has 1 saturated heterocycles. The van der Waals surface area contributed by atoms with E-state index < -0.39 is 0 Å². The smallest absolute Gasteiger partial charge is 0.322 e. The average molecular weight is 415 g/mol. The number of pyridine rings is 1. The van der Waals surface area contributed by atoms with E-state index in [1.165, 1.54) is 16.9 Å². The van der Waals surface area contributed by atoms with Crippen molar-refractivity contribution in [3.8, 4) is 10.7 Å². The second-order valence-electron chi connectivity index (χ2n) is 6.45. The van der Waals surface area contributed by atoms with Crippen molar-refractivity contribution in [1.82, 2.24) is 25.0 Å². The number of hydrogen-bond acceptors (Lipinski definition) is 6. The highest BCUT2D eigenvalue weighted by Crippen LogP contribution is 2.24. The van der Waals surface area contributed by atoms with Crippen LogP contribution in [0.1, 0.15) is 5.56 Å². The summed E-state index contributed by atoms with van der Waals surface area (Å²) < 4.78 is 0. The number of nitrogens with one attached hydrogen (secondary N) is 1. The molecule has 7 nitrogen and oxygen atoms in total. The molecular weight excluding hydrogens is 396 g/mol. The highest BCUT2D eigenvalue weighted by Gasteiger charge is 2.22. The van der Waals surface area contributed by atoms with Crippen molar-refractivity contribution in [3.63, 3.8) is 0 Å². The van der Waals surface area contributed by atoms with Gasteiger partial charge in [0, 0.05) is 43.9 Å². The number of aromatic nitrogens is 3. The molecular formula is C19H19ClN6OS. The Labute approximate surface area is 172 Å². The predicted molar refractivity (Wildman–Crippen MR) is 110 cm³/mol. The Morgan fingerprint density at radius 1 is 1.11 bits per heavy atom. The molecule has 3 heterocycles. The van der Waals surface area contributed by atoms with Gasteiger partial charge in [-0.1, -0.05) is 41.1 Å². The second-order valence-corrected chi connectivity index (χ2v) is 7.86. The Morgan fingerprint density at radius 2 is 1.96 bits per heavy atom. The highest BCUT2D eigenvalue weighted by molar-refractivity contribution is 7.18. The first-order valence-electron chi connectivity index (χ1n) is 8.95. The number of carbonyl (C=O) groups is 1. The summed E-state index contributed by atoms with van der Waals surface area (Å²) >= 11 is 7.37. The number of halogens is 1. The van der Waals surface area contributed by atoms with E-state index in [9.17, 15) is 4.79 Å². The minimum atomic E-state index is -0.147. The van der Waals surface area contributed by atoms with Gasteiger partial charge in [-0.25, -0.2) is 4.79 Å². The third-order valence-electron chi connectivity index (χ3n) is 4.48. The molecule has 0 unspecified atom stereocenters. The zero-order valence-corrected chi connectivity index (χ0v) is 16.7. The monoisotopic (exact) mass is 414 g/mol. The van der Waals surface area contributed by atoms with Gasteiger partial charge in [0.15, 0.2) is 5.01 Å². The first kappa shape index (κ1) is 18.8. The number of benzene rings is 1. The molecule has 0 spiro atoms. The molecule has 9 heteroatoms. The maximum atomic E-state index is 12.5. The van der Waals surface area contributed by atoms with E-state index in [-0.39, 0.29) is 6.03 Å². The molecule has 1 N–H and O–H groups in total. The zero-order valence-electron chi connectivity index (χ0n) is 15.1. The lowest BCUT2D eigenvalue weighted by Crippen LogP contribution is -2.49. The third kappa shape index (κ3) is 4.64. The fourth-order valence-corrected chi connectivity index (χ4v) is 3.96. The maximum absolute atomic E-state index is 12.5. The molecule has 2 aromatic heterocycles. The summed E-state index contributed by atoms with van der Waals surface area (Å²) in [4.78, 5) is 20.9. The molecule has 1 aliphatic rings. The van der Waals surface area contributed by atoms with E-state index in [0.717, 1.165) is 30.4 Å². The van der Waals surface area contributed by atoms with Crippen LogP contribution in [0.5, 0.6) is 0 Å². The van der Waals surface area contributed by atoms with Crippen LogP contribution < -0.4 is 5.32 Å². The zero-order chi connectivity index (χ0) is 19.3. The van der Waals surface area contributed by atoms with E-state index in [1.807, 2.05) is 36.4 Å². The van der Waals surface area contributed by atoms with Crippen molar-refractivity contribution in [2.24, 2.45) is 0 Å². The van der Waals surface area contributed by atoms with Crippen molar-refractivity contribution in [2.75, 3.05) is 31.5 Å². The van der Waals surface area contributed by atoms with Gasteiger partial charge < -0.3 is 4.90 Å². The van der Waals surface area contributed by atoms with Gasteiger partial charge in [-0.05, 0) is 29.8 Å². The van der Waals surface area contributed by atoms with Gasteiger partial charge in [-0.15, -0.1) is 10.2 Å². The Morgan fingerprint density at radius 3 is 2.71 bits per heavy atom. The molecule has 144 valence electrons. The quantitative estimate of drug-likeness (QED) is 0.706. The summed E-state index contributed by atoms with van der Waals surface area (Å²) in [6.45, 7) is 3.79. The summed E-state index contributed by atoms with van der Waals surface area (Å²) in [5.41, 5.74) is 1.93. The van der Waals surface area contributed by atoms with Gasteiger partial charge in [0.25, 0.3) is 0 Å². The highest BCUT2D eigenvalue weighted by atomic mass is 35.5. The van der Waals surface area contributed by atoms with Crippen LogP contribution in [0.25, 0.3) is 10.7 Å². The van der Waals surface area contributed by atoms with Crippen molar-refractivity contribution in [2.45, 2.75) is 6.54 Å². The second kappa shape index (κ2) is 8.64. The van der Waals surface area contributed by atoms with Crippen LogP contribution in [-0.2, 0) is 6.54 Å². The Kier molecular flexibility index (Phi) is 5.80. The van der Waals surface area contributed by atoms with Crippen LogP contribution in [0.15, 0.2) is 48.7 Å². The fourth-order valence-electron chi connectivity index (χ4n) is 3.04. The Bertz CT molecular complexity index is 942. The van der Waals surface area contributed by atoms with Crippen LogP contribution in [0, 0.1) is 0 Å². The lowest BCUT2D eigenvalue weighted by atomic mass is 10.2. The van der Waals surface area contributed by atoms with E-state index in [2.05, 4.69) is 31.5 Å². The summed E-state index contributed by atoms with van der Waals surface area (Å²) in [5, 5.41) is 12.9. The van der Waals surface area contributed by atoms with Crippen LogP contribution in [0.2, 0.25) is 5.02 Å². The number of amides is 2. The maximum Gasteiger partial charge on any atom is 0.323 e. The van der Waals surface area contributed by atoms with Gasteiger partial charge in [0.1, 0.15) is 5.69 Å². The van der Waals surface area contributed by atoms with Gasteiger partial charge in [-0.2, -0.15) is 0 Å². The normalized spacial score (nSPS) is 14.8. The molecule has 0 radical (unpaired) electrons. The lowest BCUT2D eigenvalue weighted by molar-refractivity contribution is 0.143. The van der Waals surface area contributed by atoms with E-state index >= 15 is 0 Å². The minimum Gasteiger partial charge on any atom is -0.322 e. The topological polar surface area (TPSA) is 74.2 Å². The number of urea groups is 1. The summed E-state index contributed by atoms with van der Waals surface area (Å²) in [5.74, 6) is 0. The number of rotatable bonds is 4. The summed E-state index contributed by atoms with van der Waals surface area (Å²) in [6, 6.07) is 13.3. The summed E-state index contributed by atoms with van der Waals surface area (Å²) in [6.07, 6.45) is 1.71. The first-order chi connectivity index (χ1) is 13.7. The summed E-state index contributed by atoms with van der Waals surface area (Å²) in [7, 11) is 0. The van der Waals surface area contributed by atoms with Crippen molar-refractivity contribution >= 4 is 34.1 Å². The van der Waals surface area contributed by atoms with E-state index in [4.69, 9.17) is 11.6 Å². The van der Waals surface area contributed by atoms with Gasteiger partial charge in [0.05, 0.1) is 0 Å². The van der Waals surface area contributed by atoms with Gasteiger partial charge >= 0.3 is 6.03 Å². The molecule has 1 aliphatic heterocycles. The lowest BCUT2D eigenvalue weighted by Gasteiger charge is -2.34.